The highest BCUT2D eigenvalue weighted by Crippen LogP contribution is 2.06. The highest BCUT2D eigenvalue weighted by Gasteiger charge is 2.00. The molecule has 0 aromatic carbocycles. The van der Waals surface area contributed by atoms with Gasteiger partial charge in [0.15, 0.2) is 5.15 Å². The Balaban J connectivity index is 1.76. The second kappa shape index (κ2) is 5.82. The van der Waals surface area contributed by atoms with Gasteiger partial charge >= 0.3 is 0 Å². The lowest BCUT2D eigenvalue weighted by Gasteiger charge is -2.06. The summed E-state index contributed by atoms with van der Waals surface area (Å²) in [6.07, 6.45) is 0.978. The molecule has 2 aromatic rings. The van der Waals surface area contributed by atoms with E-state index >= 15 is 0 Å². The number of rotatable bonds is 5. The van der Waals surface area contributed by atoms with E-state index in [1.165, 1.54) is 5.69 Å². The van der Waals surface area contributed by atoms with Crippen LogP contribution in [0.1, 0.15) is 17.8 Å². The molecule has 0 aliphatic carbocycles. The van der Waals surface area contributed by atoms with Gasteiger partial charge in [0, 0.05) is 18.8 Å². The van der Waals surface area contributed by atoms with Gasteiger partial charge in [0.1, 0.15) is 5.82 Å². The molecule has 0 unspecified atom stereocenters. The predicted molar refractivity (Wildman–Crippen MR) is 71.8 cm³/mol. The fourth-order valence-electron chi connectivity index (χ4n) is 1.76. The Bertz CT molecular complexity index is 506. The number of hydrogen-bond donors (Lipinski definition) is 1. The van der Waals surface area contributed by atoms with E-state index in [0.29, 0.717) is 5.15 Å². The third-order valence-electron chi connectivity index (χ3n) is 2.59. The average Bonchev–Trinajstić information content (AvgIpc) is 2.66. The molecule has 0 aliphatic heterocycles. The first-order valence-corrected chi connectivity index (χ1v) is 6.27. The molecule has 2 rings (SSSR count). The van der Waals surface area contributed by atoms with Crippen LogP contribution in [0.25, 0.3) is 0 Å². The number of aryl methyl sites for hydroxylation is 3. The van der Waals surface area contributed by atoms with E-state index in [-0.39, 0.29) is 0 Å². The first-order chi connectivity index (χ1) is 8.65. The Morgan fingerprint density at radius 1 is 1.28 bits per heavy atom. The molecule has 2 aromatic heterocycles. The minimum atomic E-state index is 0.406. The van der Waals surface area contributed by atoms with Crippen LogP contribution in [-0.2, 0) is 6.54 Å². The first-order valence-electron chi connectivity index (χ1n) is 5.89. The molecule has 0 spiro atoms. The van der Waals surface area contributed by atoms with Crippen LogP contribution in [-0.4, -0.2) is 26.5 Å². The third kappa shape index (κ3) is 3.43. The quantitative estimate of drug-likeness (QED) is 0.844. The second-order valence-electron chi connectivity index (χ2n) is 4.17. The van der Waals surface area contributed by atoms with Crippen molar-refractivity contribution < 1.29 is 0 Å². The van der Waals surface area contributed by atoms with Crippen LogP contribution in [0.4, 0.5) is 5.82 Å². The predicted octanol–water partition coefficient (Wildman–Crippen LogP) is 2.45. The summed E-state index contributed by atoms with van der Waals surface area (Å²) in [4.78, 5) is 0. The van der Waals surface area contributed by atoms with Gasteiger partial charge in [-0.05, 0) is 38.5 Å². The summed E-state index contributed by atoms with van der Waals surface area (Å²) in [5.74, 6) is 0.743. The topological polar surface area (TPSA) is 55.6 Å². The van der Waals surface area contributed by atoms with Crippen molar-refractivity contribution in [3.63, 3.8) is 0 Å². The van der Waals surface area contributed by atoms with Gasteiger partial charge in [-0.15, -0.1) is 10.2 Å². The van der Waals surface area contributed by atoms with Crippen LogP contribution in [0.2, 0.25) is 5.15 Å². The van der Waals surface area contributed by atoms with E-state index in [1.807, 2.05) is 17.7 Å². The zero-order valence-corrected chi connectivity index (χ0v) is 11.3. The van der Waals surface area contributed by atoms with Crippen LogP contribution in [0.15, 0.2) is 18.2 Å². The second-order valence-corrected chi connectivity index (χ2v) is 4.56. The molecule has 0 saturated carbocycles. The SMILES string of the molecule is Cc1cc(C)n(CCCNc2ccc(Cl)nn2)n1. The van der Waals surface area contributed by atoms with Gasteiger partial charge in [0.25, 0.3) is 0 Å². The molecule has 1 N–H and O–H groups in total. The Morgan fingerprint density at radius 2 is 2.11 bits per heavy atom. The fourth-order valence-corrected chi connectivity index (χ4v) is 1.86. The van der Waals surface area contributed by atoms with E-state index in [4.69, 9.17) is 11.6 Å². The maximum atomic E-state index is 5.66. The smallest absolute Gasteiger partial charge is 0.151 e. The molecular weight excluding hydrogens is 250 g/mol. The van der Waals surface area contributed by atoms with Crippen molar-refractivity contribution in [1.82, 2.24) is 20.0 Å². The zero-order valence-electron chi connectivity index (χ0n) is 10.5. The van der Waals surface area contributed by atoms with E-state index in [1.54, 1.807) is 6.07 Å². The van der Waals surface area contributed by atoms with Gasteiger partial charge in [0.2, 0.25) is 0 Å². The Morgan fingerprint density at radius 3 is 2.72 bits per heavy atom. The number of nitrogens with zero attached hydrogens (tertiary/aromatic N) is 4. The number of anilines is 1. The molecule has 96 valence electrons. The molecule has 6 heteroatoms. The first kappa shape index (κ1) is 12.8. The Labute approximate surface area is 111 Å². The van der Waals surface area contributed by atoms with Crippen molar-refractivity contribution in [3.8, 4) is 0 Å². The van der Waals surface area contributed by atoms with Crippen molar-refractivity contribution in [1.29, 1.82) is 0 Å². The van der Waals surface area contributed by atoms with E-state index in [0.717, 1.165) is 31.0 Å². The van der Waals surface area contributed by atoms with Crippen LogP contribution in [0.5, 0.6) is 0 Å². The van der Waals surface area contributed by atoms with Gasteiger partial charge in [0.05, 0.1) is 5.69 Å². The molecule has 0 atom stereocenters. The van der Waals surface area contributed by atoms with Crippen LogP contribution >= 0.6 is 11.6 Å². The maximum Gasteiger partial charge on any atom is 0.151 e. The molecule has 0 radical (unpaired) electrons. The van der Waals surface area contributed by atoms with E-state index in [2.05, 4.69) is 33.6 Å². The van der Waals surface area contributed by atoms with Gasteiger partial charge in [-0.25, -0.2) is 0 Å². The van der Waals surface area contributed by atoms with Crippen LogP contribution in [0, 0.1) is 13.8 Å². The van der Waals surface area contributed by atoms with Crippen molar-refractivity contribution in [2.24, 2.45) is 0 Å². The van der Waals surface area contributed by atoms with Gasteiger partial charge in [-0.2, -0.15) is 5.10 Å². The molecular formula is C12H16ClN5. The summed E-state index contributed by atoms with van der Waals surface area (Å²) < 4.78 is 2.02. The summed E-state index contributed by atoms with van der Waals surface area (Å²) in [7, 11) is 0. The minimum absolute atomic E-state index is 0.406. The fraction of sp³-hybridized carbons (Fsp3) is 0.417. The zero-order chi connectivity index (χ0) is 13.0. The third-order valence-corrected chi connectivity index (χ3v) is 2.79. The molecule has 0 aliphatic rings. The van der Waals surface area contributed by atoms with Crippen molar-refractivity contribution in [3.05, 3.63) is 34.7 Å². The summed E-state index contributed by atoms with van der Waals surface area (Å²) >= 11 is 5.66. The molecule has 5 nitrogen and oxygen atoms in total. The average molecular weight is 266 g/mol. The van der Waals surface area contributed by atoms with Crippen LogP contribution < -0.4 is 5.32 Å². The molecule has 0 bridgehead atoms. The molecule has 0 fully saturated rings. The van der Waals surface area contributed by atoms with Gasteiger partial charge < -0.3 is 5.32 Å². The summed E-state index contributed by atoms with van der Waals surface area (Å²) in [6, 6.07) is 5.62. The standard InChI is InChI=1S/C12H16ClN5/c1-9-8-10(2)18(17-9)7-3-6-14-12-5-4-11(13)15-16-12/h4-5,8H,3,6-7H2,1-2H3,(H,14,16). The monoisotopic (exact) mass is 265 g/mol. The summed E-state index contributed by atoms with van der Waals surface area (Å²) in [5, 5.41) is 15.7. The summed E-state index contributed by atoms with van der Waals surface area (Å²) in [5.41, 5.74) is 2.25. The molecule has 0 amide bonds. The highest BCUT2D eigenvalue weighted by molar-refractivity contribution is 6.29. The van der Waals surface area contributed by atoms with E-state index < -0.39 is 0 Å². The number of hydrogen-bond acceptors (Lipinski definition) is 4. The number of halogens is 1. The lowest BCUT2D eigenvalue weighted by molar-refractivity contribution is 0.573. The lowest BCUT2D eigenvalue weighted by Crippen LogP contribution is -2.09. The largest absolute Gasteiger partial charge is 0.369 e. The summed E-state index contributed by atoms with van der Waals surface area (Å²) in [6.45, 7) is 5.80. The number of aromatic nitrogens is 4. The maximum absolute atomic E-state index is 5.66. The lowest BCUT2D eigenvalue weighted by atomic mass is 10.4. The van der Waals surface area contributed by atoms with Crippen molar-refractivity contribution in [2.45, 2.75) is 26.8 Å². The molecule has 2 heterocycles. The highest BCUT2D eigenvalue weighted by atomic mass is 35.5. The Kier molecular flexibility index (Phi) is 4.15. The number of nitrogens with one attached hydrogen (secondary N) is 1. The van der Waals surface area contributed by atoms with Crippen molar-refractivity contribution >= 4 is 17.4 Å². The van der Waals surface area contributed by atoms with Crippen molar-refractivity contribution in [2.75, 3.05) is 11.9 Å². The van der Waals surface area contributed by atoms with Crippen LogP contribution in [0.3, 0.4) is 0 Å². The van der Waals surface area contributed by atoms with Gasteiger partial charge in [-0.3, -0.25) is 4.68 Å². The van der Waals surface area contributed by atoms with Gasteiger partial charge in [-0.1, -0.05) is 11.6 Å². The normalized spacial score (nSPS) is 10.6. The minimum Gasteiger partial charge on any atom is -0.369 e. The Hall–Kier alpha value is -1.62. The van der Waals surface area contributed by atoms with E-state index in [9.17, 15) is 0 Å². The molecule has 18 heavy (non-hydrogen) atoms. The molecule has 0 saturated heterocycles.